The quantitative estimate of drug-likeness (QED) is 0.862. The van der Waals surface area contributed by atoms with Gasteiger partial charge in [-0.15, -0.1) is 0 Å². The first kappa shape index (κ1) is 14.1. The van der Waals surface area contributed by atoms with Crippen molar-refractivity contribution in [3.05, 3.63) is 23.7 Å². The molecule has 1 aromatic rings. The Balaban J connectivity index is 1.49. The zero-order valence-electron chi connectivity index (χ0n) is 12.8. The lowest BCUT2D eigenvalue weighted by molar-refractivity contribution is 0.0832. The molecule has 1 atom stereocenters. The summed E-state index contributed by atoms with van der Waals surface area (Å²) in [7, 11) is 2.24. The maximum absolute atomic E-state index is 5.94. The molecule has 1 saturated carbocycles. The van der Waals surface area contributed by atoms with Crippen LogP contribution in [-0.4, -0.2) is 48.6 Å². The summed E-state index contributed by atoms with van der Waals surface area (Å²) in [6, 6.07) is 5.70. The predicted octanol–water partition coefficient (Wildman–Crippen LogP) is 2.06. The topological polar surface area (TPSA) is 31.6 Å². The van der Waals surface area contributed by atoms with Gasteiger partial charge in [0.1, 0.15) is 11.5 Å². The second-order valence-corrected chi connectivity index (χ2v) is 6.30. The molecular formula is C16H27N3O. The van der Waals surface area contributed by atoms with E-state index in [4.69, 9.17) is 4.42 Å². The Hall–Kier alpha value is -0.840. The fourth-order valence-electron chi connectivity index (χ4n) is 2.95. The van der Waals surface area contributed by atoms with E-state index in [2.05, 4.69) is 41.2 Å². The maximum Gasteiger partial charge on any atom is 0.118 e. The minimum absolute atomic E-state index is 0.690. The zero-order valence-corrected chi connectivity index (χ0v) is 12.8. The lowest BCUT2D eigenvalue weighted by Crippen LogP contribution is -2.50. The van der Waals surface area contributed by atoms with Gasteiger partial charge in [-0.05, 0) is 38.4 Å². The first-order valence-electron chi connectivity index (χ1n) is 7.98. The van der Waals surface area contributed by atoms with Gasteiger partial charge in [0.25, 0.3) is 0 Å². The van der Waals surface area contributed by atoms with Gasteiger partial charge >= 0.3 is 0 Å². The molecule has 4 heteroatoms. The third-order valence-electron chi connectivity index (χ3n) is 4.57. The van der Waals surface area contributed by atoms with Gasteiger partial charge < -0.3 is 14.6 Å². The largest absolute Gasteiger partial charge is 0.463 e. The first-order valence-corrected chi connectivity index (χ1v) is 7.98. The number of nitrogens with zero attached hydrogens (tertiary/aromatic N) is 2. The first-order chi connectivity index (χ1) is 9.74. The second-order valence-electron chi connectivity index (χ2n) is 6.30. The second kappa shape index (κ2) is 6.29. The number of likely N-dealkylation sites (N-methyl/N-ethyl adjacent to an activating group) is 1. The number of rotatable bonds is 6. The molecule has 1 unspecified atom stereocenters. The molecule has 0 amide bonds. The van der Waals surface area contributed by atoms with Crippen molar-refractivity contribution >= 4 is 0 Å². The molecule has 3 rings (SSSR count). The summed E-state index contributed by atoms with van der Waals surface area (Å²) in [6.45, 7) is 7.57. The normalized spacial score (nSPS) is 25.2. The molecule has 2 fully saturated rings. The van der Waals surface area contributed by atoms with Crippen LogP contribution in [0.15, 0.2) is 16.5 Å². The Bertz CT molecular complexity index is 427. The summed E-state index contributed by atoms with van der Waals surface area (Å²) >= 11 is 0. The van der Waals surface area contributed by atoms with Crippen LogP contribution in [0.5, 0.6) is 0 Å². The van der Waals surface area contributed by atoms with E-state index in [1.165, 1.54) is 19.3 Å². The molecule has 2 heterocycles. The highest BCUT2D eigenvalue weighted by atomic mass is 16.3. The Morgan fingerprint density at radius 2 is 2.05 bits per heavy atom. The van der Waals surface area contributed by atoms with Gasteiger partial charge in [-0.3, -0.25) is 4.90 Å². The third kappa shape index (κ3) is 3.62. The summed E-state index contributed by atoms with van der Waals surface area (Å²) in [5.74, 6) is 2.19. The smallest absolute Gasteiger partial charge is 0.118 e. The Labute approximate surface area is 122 Å². The van der Waals surface area contributed by atoms with E-state index in [9.17, 15) is 0 Å². The van der Waals surface area contributed by atoms with E-state index in [-0.39, 0.29) is 0 Å². The molecule has 0 radical (unpaired) electrons. The van der Waals surface area contributed by atoms with E-state index in [0.717, 1.165) is 50.3 Å². The predicted molar refractivity (Wildman–Crippen MR) is 80.6 cm³/mol. The van der Waals surface area contributed by atoms with Crippen molar-refractivity contribution in [1.29, 1.82) is 0 Å². The summed E-state index contributed by atoms with van der Waals surface area (Å²) in [6.07, 6.45) is 3.88. The van der Waals surface area contributed by atoms with Crippen molar-refractivity contribution in [2.45, 2.75) is 51.4 Å². The van der Waals surface area contributed by atoms with E-state index in [1.54, 1.807) is 0 Å². The number of hydrogen-bond acceptors (Lipinski definition) is 4. The molecule has 0 bridgehead atoms. The van der Waals surface area contributed by atoms with Crippen molar-refractivity contribution in [3.8, 4) is 0 Å². The van der Waals surface area contributed by atoms with Gasteiger partial charge in [-0.1, -0.05) is 6.92 Å². The molecule has 1 aliphatic carbocycles. The van der Waals surface area contributed by atoms with E-state index in [0.29, 0.717) is 6.04 Å². The van der Waals surface area contributed by atoms with Crippen LogP contribution in [0.4, 0.5) is 0 Å². The lowest BCUT2D eigenvalue weighted by atomic mass is 10.1. The van der Waals surface area contributed by atoms with Gasteiger partial charge in [-0.25, -0.2) is 0 Å². The van der Waals surface area contributed by atoms with Gasteiger partial charge in [-0.2, -0.15) is 0 Å². The fourth-order valence-corrected chi connectivity index (χ4v) is 2.95. The Morgan fingerprint density at radius 1 is 1.25 bits per heavy atom. The van der Waals surface area contributed by atoms with E-state index >= 15 is 0 Å². The summed E-state index contributed by atoms with van der Waals surface area (Å²) in [4.78, 5) is 4.99. The van der Waals surface area contributed by atoms with Crippen molar-refractivity contribution < 1.29 is 4.42 Å². The maximum atomic E-state index is 5.94. The number of furan rings is 1. The van der Waals surface area contributed by atoms with Crippen molar-refractivity contribution in [2.24, 2.45) is 0 Å². The molecule has 112 valence electrons. The highest BCUT2D eigenvalue weighted by molar-refractivity contribution is 5.07. The standard InChI is InChI=1S/C16H27N3O/c1-3-14-11-19(9-8-18(14)2)12-16-7-6-15(20-16)10-17-13-4-5-13/h6-7,13-14,17H,3-5,8-12H2,1-2H3. The van der Waals surface area contributed by atoms with Crippen LogP contribution < -0.4 is 5.32 Å². The summed E-state index contributed by atoms with van der Waals surface area (Å²) < 4.78 is 5.94. The zero-order chi connectivity index (χ0) is 13.9. The molecule has 2 aliphatic rings. The number of nitrogens with one attached hydrogen (secondary N) is 1. The lowest BCUT2D eigenvalue weighted by Gasteiger charge is -2.38. The van der Waals surface area contributed by atoms with E-state index < -0.39 is 0 Å². The molecule has 1 saturated heterocycles. The van der Waals surface area contributed by atoms with Crippen molar-refractivity contribution in [3.63, 3.8) is 0 Å². The molecule has 1 N–H and O–H groups in total. The van der Waals surface area contributed by atoms with Crippen LogP contribution >= 0.6 is 0 Å². The van der Waals surface area contributed by atoms with Crippen LogP contribution in [0.1, 0.15) is 37.7 Å². The highest BCUT2D eigenvalue weighted by Gasteiger charge is 2.24. The summed E-state index contributed by atoms with van der Waals surface area (Å²) in [5.41, 5.74) is 0. The molecule has 0 aromatic carbocycles. The number of piperazine rings is 1. The minimum Gasteiger partial charge on any atom is -0.463 e. The van der Waals surface area contributed by atoms with Crippen molar-refractivity contribution in [2.75, 3.05) is 26.7 Å². The molecule has 1 aliphatic heterocycles. The summed E-state index contributed by atoms with van der Waals surface area (Å²) in [5, 5.41) is 3.50. The monoisotopic (exact) mass is 277 g/mol. The molecule has 4 nitrogen and oxygen atoms in total. The van der Waals surface area contributed by atoms with Gasteiger partial charge in [0.15, 0.2) is 0 Å². The van der Waals surface area contributed by atoms with Crippen LogP contribution in [0.2, 0.25) is 0 Å². The average molecular weight is 277 g/mol. The van der Waals surface area contributed by atoms with Crippen LogP contribution in [-0.2, 0) is 13.1 Å². The molecular weight excluding hydrogens is 250 g/mol. The SMILES string of the molecule is CCC1CN(Cc2ccc(CNC3CC3)o2)CCN1C. The minimum atomic E-state index is 0.690. The van der Waals surface area contributed by atoms with Crippen molar-refractivity contribution in [1.82, 2.24) is 15.1 Å². The molecule has 0 spiro atoms. The van der Waals surface area contributed by atoms with E-state index in [1.807, 2.05) is 0 Å². The Morgan fingerprint density at radius 3 is 2.80 bits per heavy atom. The van der Waals surface area contributed by atoms with Gasteiger partial charge in [0.05, 0.1) is 13.1 Å². The molecule has 1 aromatic heterocycles. The Kier molecular flexibility index (Phi) is 4.44. The molecule has 20 heavy (non-hydrogen) atoms. The third-order valence-corrected chi connectivity index (χ3v) is 4.57. The fraction of sp³-hybridized carbons (Fsp3) is 0.750. The highest BCUT2D eigenvalue weighted by Crippen LogP contribution is 2.20. The van der Waals surface area contributed by atoms with Gasteiger partial charge in [0, 0.05) is 31.7 Å². The van der Waals surface area contributed by atoms with Crippen LogP contribution in [0, 0.1) is 0 Å². The van der Waals surface area contributed by atoms with Gasteiger partial charge in [0.2, 0.25) is 0 Å². The van der Waals surface area contributed by atoms with Crippen LogP contribution in [0.3, 0.4) is 0 Å². The average Bonchev–Trinajstić information content (AvgIpc) is 3.18. The number of hydrogen-bond donors (Lipinski definition) is 1. The van der Waals surface area contributed by atoms with Crippen LogP contribution in [0.25, 0.3) is 0 Å².